The Morgan fingerprint density at radius 1 is 1.56 bits per heavy atom. The summed E-state index contributed by atoms with van der Waals surface area (Å²) in [7, 11) is 1.60. The molecule has 2 rings (SSSR count). The standard InChI is InChI=1S/C11H11FN4O2/c1-16-10(9(13)5-14-16)15-11(18)7-3-2-6(17)4-8(7)12/h2-5,17H,13H2,1H3,(H,15,18). The molecule has 1 heterocycles. The van der Waals surface area contributed by atoms with Gasteiger partial charge in [-0.2, -0.15) is 5.10 Å². The Morgan fingerprint density at radius 3 is 2.83 bits per heavy atom. The first kappa shape index (κ1) is 11.9. The van der Waals surface area contributed by atoms with Crippen LogP contribution in [0.4, 0.5) is 15.9 Å². The highest BCUT2D eigenvalue weighted by Gasteiger charge is 2.15. The smallest absolute Gasteiger partial charge is 0.259 e. The molecule has 0 saturated heterocycles. The first-order valence-electron chi connectivity index (χ1n) is 5.06. The molecular weight excluding hydrogens is 239 g/mol. The zero-order chi connectivity index (χ0) is 13.3. The maximum atomic E-state index is 13.5. The third-order valence-electron chi connectivity index (χ3n) is 2.40. The number of phenols is 1. The van der Waals surface area contributed by atoms with Gasteiger partial charge in [-0.25, -0.2) is 4.39 Å². The van der Waals surface area contributed by atoms with E-state index in [4.69, 9.17) is 10.8 Å². The molecule has 0 aliphatic carbocycles. The Balaban J connectivity index is 2.28. The summed E-state index contributed by atoms with van der Waals surface area (Å²) in [5.41, 5.74) is 5.69. The van der Waals surface area contributed by atoms with Crippen LogP contribution in [0, 0.1) is 5.82 Å². The molecule has 0 atom stereocenters. The number of aryl methyl sites for hydroxylation is 1. The summed E-state index contributed by atoms with van der Waals surface area (Å²) >= 11 is 0. The molecule has 2 aromatic rings. The maximum absolute atomic E-state index is 13.5. The normalized spacial score (nSPS) is 10.3. The number of benzene rings is 1. The fourth-order valence-electron chi connectivity index (χ4n) is 1.47. The van der Waals surface area contributed by atoms with Gasteiger partial charge in [-0.1, -0.05) is 0 Å². The highest BCUT2D eigenvalue weighted by atomic mass is 19.1. The number of carbonyl (C=O) groups excluding carboxylic acids is 1. The van der Waals surface area contributed by atoms with Crippen LogP contribution in [0.1, 0.15) is 10.4 Å². The summed E-state index contributed by atoms with van der Waals surface area (Å²) in [5, 5.41) is 15.4. The number of anilines is 2. The van der Waals surface area contributed by atoms with E-state index in [2.05, 4.69) is 10.4 Å². The minimum Gasteiger partial charge on any atom is -0.508 e. The number of amides is 1. The van der Waals surface area contributed by atoms with E-state index < -0.39 is 11.7 Å². The number of rotatable bonds is 2. The molecule has 0 unspecified atom stereocenters. The monoisotopic (exact) mass is 250 g/mol. The van der Waals surface area contributed by atoms with E-state index in [0.29, 0.717) is 0 Å². The van der Waals surface area contributed by atoms with Crippen molar-refractivity contribution in [1.29, 1.82) is 0 Å². The maximum Gasteiger partial charge on any atom is 0.259 e. The second kappa shape index (κ2) is 4.36. The molecule has 6 nitrogen and oxygen atoms in total. The summed E-state index contributed by atoms with van der Waals surface area (Å²) < 4.78 is 14.8. The fraction of sp³-hybridized carbons (Fsp3) is 0.0909. The van der Waals surface area contributed by atoms with Gasteiger partial charge in [-0.15, -0.1) is 0 Å². The molecular formula is C11H11FN4O2. The molecule has 94 valence electrons. The molecule has 0 saturated carbocycles. The number of carbonyl (C=O) groups is 1. The van der Waals surface area contributed by atoms with Crippen LogP contribution in [-0.4, -0.2) is 20.8 Å². The Morgan fingerprint density at radius 2 is 2.28 bits per heavy atom. The highest BCUT2D eigenvalue weighted by molar-refractivity contribution is 6.05. The number of halogens is 1. The van der Waals surface area contributed by atoms with Crippen molar-refractivity contribution in [2.45, 2.75) is 0 Å². The molecule has 0 bridgehead atoms. The van der Waals surface area contributed by atoms with Crippen molar-refractivity contribution in [2.75, 3.05) is 11.1 Å². The first-order chi connectivity index (χ1) is 8.49. The highest BCUT2D eigenvalue weighted by Crippen LogP contribution is 2.19. The van der Waals surface area contributed by atoms with E-state index in [1.54, 1.807) is 7.05 Å². The Bertz CT molecular complexity index is 590. The summed E-state index contributed by atoms with van der Waals surface area (Å²) in [6.45, 7) is 0. The quantitative estimate of drug-likeness (QED) is 0.744. The average Bonchev–Trinajstić information content (AvgIpc) is 2.60. The SMILES string of the molecule is Cn1ncc(N)c1NC(=O)c1ccc(O)cc1F. The zero-order valence-corrected chi connectivity index (χ0v) is 9.51. The van der Waals surface area contributed by atoms with Crippen LogP contribution in [0.25, 0.3) is 0 Å². The van der Waals surface area contributed by atoms with Gasteiger partial charge in [-0.3, -0.25) is 9.48 Å². The lowest BCUT2D eigenvalue weighted by molar-refractivity contribution is 0.102. The van der Waals surface area contributed by atoms with Gasteiger partial charge < -0.3 is 16.2 Å². The van der Waals surface area contributed by atoms with E-state index in [-0.39, 0.29) is 22.8 Å². The number of hydrogen-bond acceptors (Lipinski definition) is 4. The molecule has 0 spiro atoms. The van der Waals surface area contributed by atoms with Crippen LogP contribution in [0.2, 0.25) is 0 Å². The topological polar surface area (TPSA) is 93.2 Å². The van der Waals surface area contributed by atoms with Gasteiger partial charge in [-0.05, 0) is 12.1 Å². The predicted molar refractivity (Wildman–Crippen MR) is 63.6 cm³/mol. The molecule has 0 radical (unpaired) electrons. The molecule has 0 aliphatic heterocycles. The average molecular weight is 250 g/mol. The Hall–Kier alpha value is -2.57. The van der Waals surface area contributed by atoms with Gasteiger partial charge in [0.05, 0.1) is 17.4 Å². The predicted octanol–water partition coefficient (Wildman–Crippen LogP) is 1.10. The second-order valence-corrected chi connectivity index (χ2v) is 3.69. The number of nitrogen functional groups attached to an aromatic ring is 1. The number of nitrogens with zero attached hydrogens (tertiary/aromatic N) is 2. The summed E-state index contributed by atoms with van der Waals surface area (Å²) in [6.07, 6.45) is 1.38. The number of phenolic OH excluding ortho intramolecular Hbond substituents is 1. The number of aromatic hydroxyl groups is 1. The van der Waals surface area contributed by atoms with Gasteiger partial charge >= 0.3 is 0 Å². The van der Waals surface area contributed by atoms with Gasteiger partial charge in [0.15, 0.2) is 5.82 Å². The third-order valence-corrected chi connectivity index (χ3v) is 2.40. The zero-order valence-electron chi connectivity index (χ0n) is 9.51. The van der Waals surface area contributed by atoms with Gasteiger partial charge in [0.1, 0.15) is 11.6 Å². The lowest BCUT2D eigenvalue weighted by Crippen LogP contribution is -2.16. The van der Waals surface area contributed by atoms with Crippen LogP contribution >= 0.6 is 0 Å². The number of aromatic nitrogens is 2. The van der Waals surface area contributed by atoms with Crippen LogP contribution in [0.3, 0.4) is 0 Å². The van der Waals surface area contributed by atoms with E-state index in [0.717, 1.165) is 6.07 Å². The Labute approximate surface area is 102 Å². The molecule has 0 aliphatic rings. The summed E-state index contributed by atoms with van der Waals surface area (Å²) in [5.74, 6) is -1.44. The van der Waals surface area contributed by atoms with E-state index in [1.807, 2.05) is 0 Å². The number of nitrogens with one attached hydrogen (secondary N) is 1. The van der Waals surface area contributed by atoms with Crippen molar-refractivity contribution in [3.63, 3.8) is 0 Å². The van der Waals surface area contributed by atoms with Crippen molar-refractivity contribution in [3.05, 3.63) is 35.8 Å². The van der Waals surface area contributed by atoms with Gasteiger partial charge in [0, 0.05) is 13.1 Å². The van der Waals surface area contributed by atoms with E-state index >= 15 is 0 Å². The summed E-state index contributed by atoms with van der Waals surface area (Å²) in [6, 6.07) is 3.28. The van der Waals surface area contributed by atoms with Crippen LogP contribution < -0.4 is 11.1 Å². The lowest BCUT2D eigenvalue weighted by atomic mass is 10.2. The van der Waals surface area contributed by atoms with E-state index in [9.17, 15) is 9.18 Å². The van der Waals surface area contributed by atoms with Crippen molar-refractivity contribution in [1.82, 2.24) is 9.78 Å². The molecule has 0 fully saturated rings. The Kier molecular flexibility index (Phi) is 2.88. The molecule has 7 heteroatoms. The number of nitrogens with two attached hydrogens (primary N) is 1. The molecule has 18 heavy (non-hydrogen) atoms. The molecule has 1 amide bonds. The van der Waals surface area contributed by atoms with Crippen LogP contribution in [0.15, 0.2) is 24.4 Å². The van der Waals surface area contributed by atoms with Crippen LogP contribution in [-0.2, 0) is 7.05 Å². The van der Waals surface area contributed by atoms with Gasteiger partial charge in [0.2, 0.25) is 0 Å². The fourth-order valence-corrected chi connectivity index (χ4v) is 1.47. The van der Waals surface area contributed by atoms with Crippen molar-refractivity contribution < 1.29 is 14.3 Å². The molecule has 1 aromatic carbocycles. The van der Waals surface area contributed by atoms with Gasteiger partial charge in [0.25, 0.3) is 5.91 Å². The molecule has 4 N–H and O–H groups in total. The third kappa shape index (κ3) is 2.10. The minimum absolute atomic E-state index is 0.187. The van der Waals surface area contributed by atoms with Crippen molar-refractivity contribution >= 4 is 17.4 Å². The largest absolute Gasteiger partial charge is 0.508 e. The van der Waals surface area contributed by atoms with E-state index in [1.165, 1.54) is 23.0 Å². The first-order valence-corrected chi connectivity index (χ1v) is 5.06. The lowest BCUT2D eigenvalue weighted by Gasteiger charge is -2.07. The van der Waals surface area contributed by atoms with Crippen molar-refractivity contribution in [3.8, 4) is 5.75 Å². The second-order valence-electron chi connectivity index (χ2n) is 3.69. The minimum atomic E-state index is -0.812. The number of hydrogen-bond donors (Lipinski definition) is 3. The van der Waals surface area contributed by atoms with Crippen LogP contribution in [0.5, 0.6) is 5.75 Å². The summed E-state index contributed by atoms with van der Waals surface area (Å²) in [4.78, 5) is 11.8. The van der Waals surface area contributed by atoms with Crippen molar-refractivity contribution in [2.24, 2.45) is 7.05 Å². The molecule has 1 aromatic heterocycles.